The van der Waals surface area contributed by atoms with Crippen LogP contribution in [0.25, 0.3) is 5.65 Å². The van der Waals surface area contributed by atoms with E-state index in [0.29, 0.717) is 11.7 Å². The van der Waals surface area contributed by atoms with Crippen LogP contribution in [0, 0.1) is 5.92 Å². The lowest BCUT2D eigenvalue weighted by Gasteiger charge is -2.31. The monoisotopic (exact) mass is 288 g/mol. The van der Waals surface area contributed by atoms with Gasteiger partial charge in [0.15, 0.2) is 5.65 Å². The van der Waals surface area contributed by atoms with E-state index in [1.807, 2.05) is 6.07 Å². The van der Waals surface area contributed by atoms with Crippen LogP contribution in [0.4, 0.5) is 5.82 Å². The van der Waals surface area contributed by atoms with Crippen LogP contribution in [0.3, 0.4) is 0 Å². The predicted octanol–water partition coefficient (Wildman–Crippen LogP) is 0.386. The first kappa shape index (κ1) is 12.8. The molecule has 7 nitrogen and oxygen atoms in total. The van der Waals surface area contributed by atoms with Crippen molar-refractivity contribution < 1.29 is 0 Å². The van der Waals surface area contributed by atoms with E-state index in [0.717, 1.165) is 31.4 Å². The van der Waals surface area contributed by atoms with E-state index in [1.54, 1.807) is 6.33 Å². The highest BCUT2D eigenvalue weighted by atomic mass is 16.1. The van der Waals surface area contributed by atoms with Crippen molar-refractivity contribution in [2.45, 2.75) is 31.7 Å². The standard InChI is InChI=1S/C14H20N6O/c21-14-18-17-13-7-12(16-9-20(13)14)19(11-1-2-11)8-10-3-5-15-6-4-10/h7,9-11,15H,1-6,8H2,(H,18,21). The molecule has 21 heavy (non-hydrogen) atoms. The summed E-state index contributed by atoms with van der Waals surface area (Å²) in [5.74, 6) is 1.67. The van der Waals surface area contributed by atoms with Crippen LogP contribution < -0.4 is 15.9 Å². The molecule has 0 bridgehead atoms. The summed E-state index contributed by atoms with van der Waals surface area (Å²) in [4.78, 5) is 18.4. The molecule has 0 amide bonds. The van der Waals surface area contributed by atoms with Gasteiger partial charge in [0.1, 0.15) is 12.1 Å². The Morgan fingerprint density at radius 3 is 2.86 bits per heavy atom. The molecule has 2 aromatic rings. The van der Waals surface area contributed by atoms with Gasteiger partial charge in [0.25, 0.3) is 0 Å². The highest BCUT2D eigenvalue weighted by Gasteiger charge is 2.32. The topological polar surface area (TPSA) is 78.3 Å². The first-order chi connectivity index (χ1) is 10.3. The molecular formula is C14H20N6O. The molecule has 0 spiro atoms. The number of hydrogen-bond donors (Lipinski definition) is 2. The molecule has 2 aromatic heterocycles. The van der Waals surface area contributed by atoms with Crippen molar-refractivity contribution >= 4 is 11.5 Å². The van der Waals surface area contributed by atoms with E-state index in [4.69, 9.17) is 0 Å². The molecule has 1 aliphatic heterocycles. The van der Waals surface area contributed by atoms with Gasteiger partial charge in [-0.1, -0.05) is 0 Å². The zero-order valence-corrected chi connectivity index (χ0v) is 12.0. The van der Waals surface area contributed by atoms with E-state index in [9.17, 15) is 4.79 Å². The van der Waals surface area contributed by atoms with E-state index in [2.05, 4.69) is 25.4 Å². The van der Waals surface area contributed by atoms with Gasteiger partial charge in [0, 0.05) is 18.7 Å². The molecule has 2 N–H and O–H groups in total. The average Bonchev–Trinajstić information content (AvgIpc) is 3.30. The number of piperidine rings is 1. The zero-order chi connectivity index (χ0) is 14.2. The highest BCUT2D eigenvalue weighted by Crippen LogP contribution is 2.32. The van der Waals surface area contributed by atoms with Crippen LogP contribution in [0.5, 0.6) is 0 Å². The SMILES string of the molecule is O=c1[nH]nc2cc(N(CC3CCNCC3)C3CC3)ncn12. The smallest absolute Gasteiger partial charge is 0.348 e. The zero-order valence-electron chi connectivity index (χ0n) is 12.0. The summed E-state index contributed by atoms with van der Waals surface area (Å²) in [5, 5.41) is 9.91. The van der Waals surface area contributed by atoms with Gasteiger partial charge in [-0.2, -0.15) is 5.10 Å². The number of H-pyrrole nitrogens is 1. The minimum Gasteiger partial charge on any atom is -0.353 e. The first-order valence-corrected chi connectivity index (χ1v) is 7.71. The van der Waals surface area contributed by atoms with E-state index < -0.39 is 0 Å². The van der Waals surface area contributed by atoms with Crippen molar-refractivity contribution in [3.63, 3.8) is 0 Å². The molecule has 3 heterocycles. The summed E-state index contributed by atoms with van der Waals surface area (Å²) in [5.41, 5.74) is 0.404. The molecule has 0 atom stereocenters. The number of fused-ring (bicyclic) bond motifs is 1. The lowest BCUT2D eigenvalue weighted by Crippen LogP contribution is -2.37. The summed E-state index contributed by atoms with van der Waals surface area (Å²) < 4.78 is 1.44. The molecule has 1 saturated carbocycles. The van der Waals surface area contributed by atoms with Crippen molar-refractivity contribution in [1.29, 1.82) is 0 Å². The summed E-state index contributed by atoms with van der Waals surface area (Å²) in [6.45, 7) is 3.29. The number of rotatable bonds is 4. The molecule has 1 saturated heterocycles. The Bertz CT molecular complexity index is 682. The molecular weight excluding hydrogens is 268 g/mol. The minimum absolute atomic E-state index is 0.236. The number of aromatic nitrogens is 4. The second-order valence-corrected chi connectivity index (χ2v) is 6.08. The van der Waals surface area contributed by atoms with E-state index >= 15 is 0 Å². The lowest BCUT2D eigenvalue weighted by molar-refractivity contribution is 0.372. The number of hydrogen-bond acceptors (Lipinski definition) is 5. The third-order valence-corrected chi connectivity index (χ3v) is 4.49. The number of anilines is 1. The van der Waals surface area contributed by atoms with Gasteiger partial charge in [-0.05, 0) is 44.7 Å². The fourth-order valence-electron chi connectivity index (χ4n) is 3.12. The summed E-state index contributed by atoms with van der Waals surface area (Å²) in [6.07, 6.45) is 6.52. The van der Waals surface area contributed by atoms with Gasteiger partial charge in [-0.15, -0.1) is 0 Å². The molecule has 1 aliphatic carbocycles. The van der Waals surface area contributed by atoms with Crippen molar-refractivity contribution in [3.8, 4) is 0 Å². The summed E-state index contributed by atoms with van der Waals surface area (Å²) >= 11 is 0. The van der Waals surface area contributed by atoms with Crippen molar-refractivity contribution in [2.24, 2.45) is 5.92 Å². The molecule has 0 radical (unpaired) electrons. The lowest BCUT2D eigenvalue weighted by atomic mass is 9.97. The number of nitrogens with one attached hydrogen (secondary N) is 2. The van der Waals surface area contributed by atoms with Gasteiger partial charge in [-0.25, -0.2) is 19.3 Å². The Morgan fingerprint density at radius 1 is 1.29 bits per heavy atom. The molecule has 2 fully saturated rings. The molecule has 112 valence electrons. The summed E-state index contributed by atoms with van der Waals surface area (Å²) in [6, 6.07) is 2.53. The van der Waals surface area contributed by atoms with Crippen LogP contribution in [0.2, 0.25) is 0 Å². The molecule has 0 aromatic carbocycles. The average molecular weight is 288 g/mol. The number of aromatic amines is 1. The Labute approximate surface area is 122 Å². The predicted molar refractivity (Wildman–Crippen MR) is 79.6 cm³/mol. The third-order valence-electron chi connectivity index (χ3n) is 4.49. The maximum Gasteiger partial charge on any atom is 0.348 e. The maximum atomic E-state index is 11.5. The van der Waals surface area contributed by atoms with Crippen LogP contribution in [0.15, 0.2) is 17.2 Å². The van der Waals surface area contributed by atoms with Crippen LogP contribution >= 0.6 is 0 Å². The Kier molecular flexibility index (Phi) is 3.14. The maximum absolute atomic E-state index is 11.5. The Morgan fingerprint density at radius 2 is 2.10 bits per heavy atom. The van der Waals surface area contributed by atoms with Gasteiger partial charge < -0.3 is 10.2 Å². The Hall–Kier alpha value is -1.89. The Balaban J connectivity index is 1.60. The highest BCUT2D eigenvalue weighted by molar-refractivity contribution is 5.51. The van der Waals surface area contributed by atoms with Crippen LogP contribution in [-0.2, 0) is 0 Å². The molecule has 0 unspecified atom stereocenters. The minimum atomic E-state index is -0.236. The third kappa shape index (κ3) is 2.53. The van der Waals surface area contributed by atoms with E-state index in [1.165, 1.54) is 30.1 Å². The van der Waals surface area contributed by atoms with Crippen LogP contribution in [-0.4, -0.2) is 45.3 Å². The number of nitrogens with zero attached hydrogens (tertiary/aromatic N) is 4. The van der Waals surface area contributed by atoms with Crippen molar-refractivity contribution in [2.75, 3.05) is 24.5 Å². The second-order valence-electron chi connectivity index (χ2n) is 6.08. The van der Waals surface area contributed by atoms with Gasteiger partial charge >= 0.3 is 5.69 Å². The fraction of sp³-hybridized carbons (Fsp3) is 0.643. The first-order valence-electron chi connectivity index (χ1n) is 7.71. The van der Waals surface area contributed by atoms with Crippen molar-refractivity contribution in [3.05, 3.63) is 22.9 Å². The fourth-order valence-corrected chi connectivity index (χ4v) is 3.12. The van der Waals surface area contributed by atoms with Crippen molar-refractivity contribution in [1.82, 2.24) is 24.9 Å². The van der Waals surface area contributed by atoms with E-state index in [-0.39, 0.29) is 5.69 Å². The quantitative estimate of drug-likeness (QED) is 0.851. The summed E-state index contributed by atoms with van der Waals surface area (Å²) in [7, 11) is 0. The second kappa shape index (κ2) is 5.14. The molecule has 4 rings (SSSR count). The largest absolute Gasteiger partial charge is 0.353 e. The molecule has 2 aliphatic rings. The normalized spacial score (nSPS) is 20.0. The van der Waals surface area contributed by atoms with Gasteiger partial charge in [-0.3, -0.25) is 0 Å². The van der Waals surface area contributed by atoms with Gasteiger partial charge in [0.05, 0.1) is 0 Å². The van der Waals surface area contributed by atoms with Crippen LogP contribution in [0.1, 0.15) is 25.7 Å². The van der Waals surface area contributed by atoms with Gasteiger partial charge in [0.2, 0.25) is 0 Å². The molecule has 7 heteroatoms.